The minimum atomic E-state index is 0.543. The summed E-state index contributed by atoms with van der Waals surface area (Å²) in [6.07, 6.45) is 3.18. The summed E-state index contributed by atoms with van der Waals surface area (Å²) in [7, 11) is 0. The maximum atomic E-state index is 5.76. The van der Waals surface area contributed by atoms with Crippen LogP contribution in [0, 0.1) is 6.92 Å². The molecule has 0 aliphatic rings. The lowest BCUT2D eigenvalue weighted by molar-refractivity contribution is 0.288. The van der Waals surface area contributed by atoms with Gasteiger partial charge in [0.1, 0.15) is 24.1 Å². The van der Waals surface area contributed by atoms with Gasteiger partial charge in [-0.15, -0.1) is 0 Å². The van der Waals surface area contributed by atoms with Gasteiger partial charge in [-0.05, 0) is 32.0 Å². The van der Waals surface area contributed by atoms with Crippen LogP contribution in [-0.2, 0) is 0 Å². The molecule has 4 aromatic rings. The number of hydrogen-bond acceptors (Lipinski definition) is 7. The number of ether oxygens (including phenoxy) is 2. The summed E-state index contributed by atoms with van der Waals surface area (Å²) < 4.78 is 16.8. The maximum absolute atomic E-state index is 5.76. The number of rotatable bonds is 7. The maximum Gasteiger partial charge on any atom is 0.191 e. The number of fused-ring (bicyclic) bond motifs is 1. The van der Waals surface area contributed by atoms with Gasteiger partial charge in [0.05, 0.1) is 18.7 Å². The molecule has 2 heterocycles. The van der Waals surface area contributed by atoms with E-state index in [9.17, 15) is 0 Å². The molecule has 0 bridgehead atoms. The van der Waals surface area contributed by atoms with Crippen molar-refractivity contribution < 1.29 is 13.9 Å². The van der Waals surface area contributed by atoms with Gasteiger partial charge in [0.25, 0.3) is 0 Å². The fraction of sp³-hybridized carbons (Fsp3) is 0.227. The second kappa shape index (κ2) is 8.18. The lowest BCUT2D eigenvalue weighted by Gasteiger charge is -2.14. The van der Waals surface area contributed by atoms with E-state index in [0.29, 0.717) is 36.4 Å². The number of anilines is 2. The predicted molar refractivity (Wildman–Crippen MR) is 112 cm³/mol. The van der Waals surface area contributed by atoms with Crippen molar-refractivity contribution in [1.29, 1.82) is 0 Å². The summed E-state index contributed by atoms with van der Waals surface area (Å²) in [5.74, 6) is 2.67. The monoisotopic (exact) mass is 390 g/mol. The highest BCUT2D eigenvalue weighted by Crippen LogP contribution is 2.35. The first-order valence-corrected chi connectivity index (χ1v) is 9.52. The first-order valence-electron chi connectivity index (χ1n) is 9.52. The Morgan fingerprint density at radius 3 is 2.52 bits per heavy atom. The second-order valence-electron chi connectivity index (χ2n) is 6.36. The number of nitrogens with one attached hydrogen (secondary N) is 1. The lowest BCUT2D eigenvalue weighted by atomic mass is 10.1. The Balaban J connectivity index is 1.72. The van der Waals surface area contributed by atoms with Crippen LogP contribution < -0.4 is 14.8 Å². The molecule has 0 radical (unpaired) electrons. The zero-order valence-corrected chi connectivity index (χ0v) is 16.6. The third kappa shape index (κ3) is 3.99. The van der Waals surface area contributed by atoms with Crippen LogP contribution in [0.15, 0.2) is 53.4 Å². The average molecular weight is 390 g/mol. The summed E-state index contributed by atoms with van der Waals surface area (Å²) in [6, 6.07) is 11.7. The van der Waals surface area contributed by atoms with Gasteiger partial charge in [-0.25, -0.2) is 15.0 Å². The van der Waals surface area contributed by atoms with Gasteiger partial charge >= 0.3 is 0 Å². The summed E-state index contributed by atoms with van der Waals surface area (Å²) >= 11 is 0. The molecule has 1 N–H and O–H groups in total. The van der Waals surface area contributed by atoms with E-state index in [0.717, 1.165) is 27.8 Å². The van der Waals surface area contributed by atoms with Crippen LogP contribution in [0.3, 0.4) is 0 Å². The fourth-order valence-electron chi connectivity index (χ4n) is 3.09. The number of hydrogen-bond donors (Lipinski definition) is 1. The molecule has 0 atom stereocenters. The van der Waals surface area contributed by atoms with Crippen LogP contribution in [0.4, 0.5) is 11.5 Å². The number of aromatic nitrogens is 3. The molecule has 0 unspecified atom stereocenters. The number of oxazole rings is 1. The van der Waals surface area contributed by atoms with E-state index in [2.05, 4.69) is 20.3 Å². The van der Waals surface area contributed by atoms with Crippen molar-refractivity contribution in [2.24, 2.45) is 0 Å². The first-order chi connectivity index (χ1) is 14.2. The Kier molecular flexibility index (Phi) is 5.29. The van der Waals surface area contributed by atoms with E-state index in [1.165, 1.54) is 6.33 Å². The van der Waals surface area contributed by atoms with Gasteiger partial charge < -0.3 is 19.2 Å². The molecule has 0 saturated carbocycles. The van der Waals surface area contributed by atoms with Gasteiger partial charge in [0, 0.05) is 29.6 Å². The molecule has 0 amide bonds. The van der Waals surface area contributed by atoms with Crippen LogP contribution >= 0.6 is 0 Å². The number of benzene rings is 2. The van der Waals surface area contributed by atoms with Crippen molar-refractivity contribution in [3.05, 3.63) is 54.9 Å². The van der Waals surface area contributed by atoms with Gasteiger partial charge in [0.2, 0.25) is 0 Å². The highest BCUT2D eigenvalue weighted by molar-refractivity contribution is 5.93. The Morgan fingerprint density at radius 1 is 1.00 bits per heavy atom. The molecule has 0 aliphatic carbocycles. The van der Waals surface area contributed by atoms with E-state index in [-0.39, 0.29) is 0 Å². The molecule has 0 saturated heterocycles. The topological polar surface area (TPSA) is 82.3 Å². The van der Waals surface area contributed by atoms with E-state index >= 15 is 0 Å². The minimum absolute atomic E-state index is 0.543. The molecule has 0 aliphatic heterocycles. The van der Waals surface area contributed by atoms with Gasteiger partial charge in [-0.1, -0.05) is 12.1 Å². The van der Waals surface area contributed by atoms with E-state index in [1.807, 2.05) is 57.2 Å². The molecular weight excluding hydrogens is 368 g/mol. The van der Waals surface area contributed by atoms with Crippen LogP contribution in [-0.4, -0.2) is 28.2 Å². The number of aryl methyl sites for hydroxylation is 1. The summed E-state index contributed by atoms with van der Waals surface area (Å²) in [5.41, 5.74) is 3.41. The van der Waals surface area contributed by atoms with Crippen molar-refractivity contribution in [3.63, 3.8) is 0 Å². The summed E-state index contributed by atoms with van der Waals surface area (Å²) in [4.78, 5) is 13.2. The molecule has 0 spiro atoms. The summed E-state index contributed by atoms with van der Waals surface area (Å²) in [6.45, 7) is 6.80. The van der Waals surface area contributed by atoms with E-state index in [4.69, 9.17) is 13.9 Å². The zero-order valence-electron chi connectivity index (χ0n) is 16.6. The van der Waals surface area contributed by atoms with Gasteiger partial charge in [-0.3, -0.25) is 0 Å². The number of nitrogens with zero attached hydrogens (tertiary/aromatic N) is 3. The van der Waals surface area contributed by atoms with Crippen LogP contribution in [0.25, 0.3) is 22.2 Å². The first kappa shape index (κ1) is 18.7. The zero-order chi connectivity index (χ0) is 20.2. The highest BCUT2D eigenvalue weighted by Gasteiger charge is 2.12. The Labute approximate surface area is 168 Å². The molecule has 2 aromatic carbocycles. The Morgan fingerprint density at radius 2 is 1.79 bits per heavy atom. The smallest absolute Gasteiger partial charge is 0.191 e. The van der Waals surface area contributed by atoms with Crippen molar-refractivity contribution in [2.45, 2.75) is 20.8 Å². The van der Waals surface area contributed by atoms with Crippen molar-refractivity contribution in [2.75, 3.05) is 18.5 Å². The average Bonchev–Trinajstić information content (AvgIpc) is 3.16. The van der Waals surface area contributed by atoms with Crippen LogP contribution in [0.5, 0.6) is 11.5 Å². The van der Waals surface area contributed by atoms with Gasteiger partial charge in [0.15, 0.2) is 17.4 Å². The van der Waals surface area contributed by atoms with Crippen LogP contribution in [0.2, 0.25) is 0 Å². The largest absolute Gasteiger partial charge is 0.490 e. The molecule has 0 fully saturated rings. The van der Waals surface area contributed by atoms with Crippen molar-refractivity contribution >= 4 is 22.4 Å². The molecule has 2 aromatic heterocycles. The third-order valence-corrected chi connectivity index (χ3v) is 4.34. The van der Waals surface area contributed by atoms with E-state index < -0.39 is 0 Å². The molecule has 148 valence electrons. The van der Waals surface area contributed by atoms with Crippen molar-refractivity contribution in [1.82, 2.24) is 15.0 Å². The lowest BCUT2D eigenvalue weighted by Crippen LogP contribution is -2.01. The fourth-order valence-corrected chi connectivity index (χ4v) is 3.09. The van der Waals surface area contributed by atoms with Gasteiger partial charge in [-0.2, -0.15) is 0 Å². The highest BCUT2D eigenvalue weighted by atomic mass is 16.5. The Hall–Kier alpha value is -3.61. The second-order valence-corrected chi connectivity index (χ2v) is 6.36. The van der Waals surface area contributed by atoms with Crippen LogP contribution in [0.1, 0.15) is 19.7 Å². The SMILES string of the molecule is CCOc1cc2ncnc(Nc3cccc(-c4coc(C)n4)c3)c2cc1OCC. The Bertz CT molecular complexity index is 1140. The normalized spacial score (nSPS) is 10.9. The van der Waals surface area contributed by atoms with E-state index in [1.54, 1.807) is 6.26 Å². The third-order valence-electron chi connectivity index (χ3n) is 4.34. The molecule has 29 heavy (non-hydrogen) atoms. The summed E-state index contributed by atoms with van der Waals surface area (Å²) in [5, 5.41) is 4.23. The molecular formula is C22H22N4O3. The quantitative estimate of drug-likeness (QED) is 0.468. The van der Waals surface area contributed by atoms with Crippen molar-refractivity contribution in [3.8, 4) is 22.8 Å². The minimum Gasteiger partial charge on any atom is -0.490 e. The predicted octanol–water partition coefficient (Wildman–Crippen LogP) is 5.13. The standard InChI is InChI=1S/C22H22N4O3/c1-4-27-20-10-17-18(11-21(20)28-5-2)23-13-24-22(17)26-16-8-6-7-15(9-16)19-12-29-14(3)25-19/h6-13H,4-5H2,1-3H3,(H,23,24,26). The molecule has 4 rings (SSSR count). The molecule has 7 nitrogen and oxygen atoms in total. The molecule has 7 heteroatoms.